The number of rotatable bonds is 2. The Morgan fingerprint density at radius 3 is 2.40 bits per heavy atom. The van der Waals surface area contributed by atoms with Crippen molar-refractivity contribution in [3.63, 3.8) is 0 Å². The summed E-state index contributed by atoms with van der Waals surface area (Å²) in [6, 6.07) is 0.958. The maximum absolute atomic E-state index is 2.85. The van der Waals surface area contributed by atoms with Crippen LogP contribution in [0.1, 0.15) is 59.3 Å². The molecular weight excluding hydrogens is 182 g/mol. The third kappa shape index (κ3) is 1.13. The van der Waals surface area contributed by atoms with Gasteiger partial charge in [0.05, 0.1) is 0 Å². The molecule has 3 atom stereocenters. The van der Waals surface area contributed by atoms with Crippen molar-refractivity contribution in [2.24, 2.45) is 11.3 Å². The van der Waals surface area contributed by atoms with Gasteiger partial charge >= 0.3 is 0 Å². The standard InChI is InChI=1S/C14H25N/c1-4-13(2,3)15-10-7-11-5-8-14(11)9-6-12(14)15/h11-12H,4-10H2,1-3H3. The number of hydrogen-bond donors (Lipinski definition) is 0. The first-order valence-electron chi connectivity index (χ1n) is 6.87. The van der Waals surface area contributed by atoms with Crippen molar-refractivity contribution in [3.05, 3.63) is 0 Å². The van der Waals surface area contributed by atoms with Gasteiger partial charge in [-0.1, -0.05) is 6.92 Å². The molecule has 0 aromatic heterocycles. The summed E-state index contributed by atoms with van der Waals surface area (Å²) in [4.78, 5) is 2.85. The number of piperidine rings is 1. The molecule has 3 aliphatic rings. The van der Waals surface area contributed by atoms with Crippen LogP contribution in [0.2, 0.25) is 0 Å². The van der Waals surface area contributed by atoms with Gasteiger partial charge in [0, 0.05) is 11.6 Å². The largest absolute Gasteiger partial charge is 0.295 e. The lowest BCUT2D eigenvalue weighted by Gasteiger charge is -2.69. The zero-order valence-corrected chi connectivity index (χ0v) is 10.6. The molecular formula is C14H25N. The summed E-state index contributed by atoms with van der Waals surface area (Å²) in [5.74, 6) is 1.11. The highest BCUT2D eigenvalue weighted by atomic mass is 15.3. The van der Waals surface area contributed by atoms with Crippen molar-refractivity contribution in [1.29, 1.82) is 0 Å². The van der Waals surface area contributed by atoms with Gasteiger partial charge in [-0.3, -0.25) is 4.90 Å². The summed E-state index contributed by atoms with van der Waals surface area (Å²) < 4.78 is 0. The smallest absolute Gasteiger partial charge is 0.0160 e. The summed E-state index contributed by atoms with van der Waals surface area (Å²) in [6.45, 7) is 8.60. The van der Waals surface area contributed by atoms with Gasteiger partial charge in [0.2, 0.25) is 0 Å². The molecule has 15 heavy (non-hydrogen) atoms. The monoisotopic (exact) mass is 207 g/mol. The van der Waals surface area contributed by atoms with Crippen molar-refractivity contribution in [1.82, 2.24) is 4.90 Å². The number of likely N-dealkylation sites (tertiary alicyclic amines) is 1. The molecule has 0 aromatic carbocycles. The van der Waals surface area contributed by atoms with E-state index in [2.05, 4.69) is 25.7 Å². The Labute approximate surface area is 94.2 Å². The minimum atomic E-state index is 0.443. The molecule has 2 saturated carbocycles. The highest BCUT2D eigenvalue weighted by molar-refractivity contribution is 5.14. The van der Waals surface area contributed by atoms with Crippen molar-refractivity contribution in [2.45, 2.75) is 70.9 Å². The maximum atomic E-state index is 2.85. The van der Waals surface area contributed by atoms with E-state index < -0.39 is 0 Å². The molecule has 3 fully saturated rings. The normalized spacial score (nSPS) is 45.0. The molecule has 0 amide bonds. The zero-order valence-electron chi connectivity index (χ0n) is 10.6. The van der Waals surface area contributed by atoms with Crippen LogP contribution in [0.15, 0.2) is 0 Å². The Balaban J connectivity index is 1.82. The number of hydrogen-bond acceptors (Lipinski definition) is 1. The van der Waals surface area contributed by atoms with E-state index in [-0.39, 0.29) is 0 Å². The molecule has 0 bridgehead atoms. The highest BCUT2D eigenvalue weighted by Gasteiger charge is 2.62. The minimum Gasteiger partial charge on any atom is -0.295 e. The second-order valence-corrected chi connectivity index (χ2v) is 6.67. The molecule has 1 nitrogen and oxygen atoms in total. The fourth-order valence-corrected chi connectivity index (χ4v) is 4.41. The molecule has 1 heterocycles. The lowest BCUT2D eigenvalue weighted by molar-refractivity contribution is -0.193. The molecule has 2 aliphatic carbocycles. The van der Waals surface area contributed by atoms with Gasteiger partial charge in [-0.25, -0.2) is 0 Å². The fraction of sp³-hybridized carbons (Fsp3) is 1.00. The van der Waals surface area contributed by atoms with Crippen LogP contribution < -0.4 is 0 Å². The van der Waals surface area contributed by atoms with Gasteiger partial charge in [-0.05, 0) is 70.3 Å². The van der Waals surface area contributed by atoms with Gasteiger partial charge < -0.3 is 0 Å². The quantitative estimate of drug-likeness (QED) is 0.670. The Bertz CT molecular complexity index is 267. The summed E-state index contributed by atoms with van der Waals surface area (Å²) in [6.07, 6.45) is 8.89. The predicted molar refractivity (Wildman–Crippen MR) is 63.9 cm³/mol. The molecule has 86 valence electrons. The molecule has 0 aromatic rings. The van der Waals surface area contributed by atoms with E-state index in [4.69, 9.17) is 0 Å². The molecule has 3 unspecified atom stereocenters. The third-order valence-corrected chi connectivity index (χ3v) is 6.06. The van der Waals surface area contributed by atoms with Crippen molar-refractivity contribution in [2.75, 3.05) is 6.54 Å². The van der Waals surface area contributed by atoms with Crippen LogP contribution in [0.5, 0.6) is 0 Å². The maximum Gasteiger partial charge on any atom is 0.0160 e. The van der Waals surface area contributed by atoms with Crippen LogP contribution in [-0.4, -0.2) is 23.0 Å². The Morgan fingerprint density at radius 1 is 1.20 bits per heavy atom. The van der Waals surface area contributed by atoms with Gasteiger partial charge in [-0.2, -0.15) is 0 Å². The Kier molecular flexibility index (Phi) is 2.03. The van der Waals surface area contributed by atoms with Gasteiger partial charge in [0.15, 0.2) is 0 Å². The summed E-state index contributed by atoms with van der Waals surface area (Å²) in [5.41, 5.74) is 1.25. The van der Waals surface area contributed by atoms with Gasteiger partial charge in [0.25, 0.3) is 0 Å². The van der Waals surface area contributed by atoms with E-state index in [1.165, 1.54) is 32.2 Å². The van der Waals surface area contributed by atoms with Crippen molar-refractivity contribution >= 4 is 0 Å². The molecule has 1 saturated heterocycles. The van der Waals surface area contributed by atoms with E-state index in [0.717, 1.165) is 17.4 Å². The van der Waals surface area contributed by atoms with Crippen LogP contribution in [-0.2, 0) is 0 Å². The van der Waals surface area contributed by atoms with Crippen LogP contribution in [0, 0.1) is 11.3 Å². The van der Waals surface area contributed by atoms with E-state index in [0.29, 0.717) is 5.54 Å². The van der Waals surface area contributed by atoms with Gasteiger partial charge in [-0.15, -0.1) is 0 Å². The second-order valence-electron chi connectivity index (χ2n) is 6.67. The van der Waals surface area contributed by atoms with Crippen molar-refractivity contribution in [3.8, 4) is 0 Å². The SMILES string of the molecule is CCC(C)(C)N1CCC2CCC23CCC13. The van der Waals surface area contributed by atoms with E-state index >= 15 is 0 Å². The Hall–Kier alpha value is -0.0400. The second kappa shape index (κ2) is 3.00. The fourth-order valence-electron chi connectivity index (χ4n) is 4.41. The molecule has 1 heteroatoms. The molecule has 0 N–H and O–H groups in total. The zero-order chi connectivity index (χ0) is 10.7. The minimum absolute atomic E-state index is 0.443. The number of nitrogens with zero attached hydrogens (tertiary/aromatic N) is 1. The first-order chi connectivity index (χ1) is 7.10. The molecule has 1 spiro atoms. The van der Waals surface area contributed by atoms with Crippen molar-refractivity contribution < 1.29 is 0 Å². The lowest BCUT2D eigenvalue weighted by atomic mass is 9.44. The van der Waals surface area contributed by atoms with Crippen LogP contribution in [0.3, 0.4) is 0 Å². The van der Waals surface area contributed by atoms with Crippen LogP contribution >= 0.6 is 0 Å². The molecule has 3 rings (SSSR count). The van der Waals surface area contributed by atoms with Crippen LogP contribution in [0.25, 0.3) is 0 Å². The predicted octanol–water partition coefficient (Wildman–Crippen LogP) is 3.44. The summed E-state index contributed by atoms with van der Waals surface area (Å²) in [7, 11) is 0. The lowest BCUT2D eigenvalue weighted by Crippen LogP contribution is -2.70. The van der Waals surface area contributed by atoms with E-state index in [1.54, 1.807) is 12.8 Å². The van der Waals surface area contributed by atoms with Crippen LogP contribution in [0.4, 0.5) is 0 Å². The van der Waals surface area contributed by atoms with E-state index in [9.17, 15) is 0 Å². The third-order valence-electron chi connectivity index (χ3n) is 6.06. The highest BCUT2D eigenvalue weighted by Crippen LogP contribution is 2.65. The first-order valence-corrected chi connectivity index (χ1v) is 6.87. The Morgan fingerprint density at radius 2 is 1.93 bits per heavy atom. The molecule has 0 radical (unpaired) electrons. The molecule has 1 aliphatic heterocycles. The average molecular weight is 207 g/mol. The summed E-state index contributed by atoms with van der Waals surface area (Å²) >= 11 is 0. The topological polar surface area (TPSA) is 3.24 Å². The van der Waals surface area contributed by atoms with Gasteiger partial charge in [0.1, 0.15) is 0 Å². The van der Waals surface area contributed by atoms with E-state index in [1.807, 2.05) is 0 Å². The first kappa shape index (κ1) is 10.1. The summed E-state index contributed by atoms with van der Waals surface area (Å²) in [5, 5.41) is 0. The average Bonchev–Trinajstić information content (AvgIpc) is 2.11.